The third-order valence-corrected chi connectivity index (χ3v) is 9.14. The molecule has 0 saturated carbocycles. The number of nitrogens with one attached hydrogen (secondary N) is 2. The van der Waals surface area contributed by atoms with Gasteiger partial charge in [0.1, 0.15) is 6.61 Å². The van der Waals surface area contributed by atoms with Crippen molar-refractivity contribution >= 4 is 24.1 Å². The van der Waals surface area contributed by atoms with Gasteiger partial charge in [-0.2, -0.15) is 0 Å². The van der Waals surface area contributed by atoms with Gasteiger partial charge in [0.15, 0.2) is 5.78 Å². The lowest BCUT2D eigenvalue weighted by Crippen LogP contribution is -2.53. The summed E-state index contributed by atoms with van der Waals surface area (Å²) in [5, 5.41) is 14.8. The van der Waals surface area contributed by atoms with Gasteiger partial charge < -0.3 is 25.2 Å². The standard InChI is InChI=1S/C19H39N3O2.C10H20O3.C8H8O2.C5H12.2C2H6/c1-14(2)17(16(5)23)21-19(24)18(15(3)4)22(7)13-11-9-8-10-12-20-6;1-5-7(2)8(3)9(13-4)6-10(11)12;9-7-10-6-8-4-2-1-3-5-8;1-3-5-4-2;2*1-2/h14-15,17-18,20H,8-13H2,1-7H3,(H,21,24);7-9H,5-6H2,1-4H3,(H,11,12);1-5,7H,6H2;3-5H2,1-2H3;2*1-2H3/t17-,18?;;;;;/m0...../s1. The van der Waals surface area contributed by atoms with E-state index in [4.69, 9.17) is 9.84 Å². The fourth-order valence-electron chi connectivity index (χ4n) is 5.60. The summed E-state index contributed by atoms with van der Waals surface area (Å²) in [4.78, 5) is 46.8. The lowest BCUT2D eigenvalue weighted by Gasteiger charge is -2.32. The van der Waals surface area contributed by atoms with Crippen LogP contribution in [0.2, 0.25) is 0 Å². The van der Waals surface area contributed by atoms with Crippen molar-refractivity contribution in [2.24, 2.45) is 23.7 Å². The van der Waals surface area contributed by atoms with Crippen LogP contribution in [0.3, 0.4) is 0 Å². The van der Waals surface area contributed by atoms with Crippen molar-refractivity contribution in [3.05, 3.63) is 35.9 Å². The van der Waals surface area contributed by atoms with Crippen molar-refractivity contribution in [3.8, 4) is 0 Å². The van der Waals surface area contributed by atoms with E-state index >= 15 is 0 Å². The van der Waals surface area contributed by atoms with Crippen LogP contribution in [0.5, 0.6) is 0 Å². The van der Waals surface area contributed by atoms with Gasteiger partial charge in [0.05, 0.1) is 24.6 Å². The van der Waals surface area contributed by atoms with E-state index in [0.29, 0.717) is 24.9 Å². The molecular formula is C46H91N3O7. The number of methoxy groups -OCH3 is 1. The number of nitrogens with zero attached hydrogens (tertiary/aromatic N) is 1. The second-order valence-electron chi connectivity index (χ2n) is 14.4. The zero-order chi connectivity index (χ0) is 44.5. The van der Waals surface area contributed by atoms with Crippen molar-refractivity contribution in [2.45, 2.75) is 180 Å². The maximum Gasteiger partial charge on any atom is 0.305 e. The van der Waals surface area contributed by atoms with Gasteiger partial charge in [0.2, 0.25) is 5.91 Å². The van der Waals surface area contributed by atoms with Crippen LogP contribution in [0.1, 0.15) is 160 Å². The van der Waals surface area contributed by atoms with Gasteiger partial charge in [-0.25, -0.2) is 0 Å². The molecule has 0 fully saturated rings. The Kier molecular flexibility index (Phi) is 50.0. The van der Waals surface area contributed by atoms with E-state index < -0.39 is 12.0 Å². The highest BCUT2D eigenvalue weighted by atomic mass is 16.5. The van der Waals surface area contributed by atoms with Crippen LogP contribution in [0.25, 0.3) is 0 Å². The Labute approximate surface area is 346 Å². The molecule has 0 aliphatic heterocycles. The molecule has 1 amide bonds. The number of benzene rings is 1. The minimum absolute atomic E-state index is 0.0213. The molecule has 0 aliphatic carbocycles. The highest BCUT2D eigenvalue weighted by Crippen LogP contribution is 2.22. The minimum Gasteiger partial charge on any atom is -0.481 e. The molecule has 3 N–H and O–H groups in total. The van der Waals surface area contributed by atoms with Crippen LogP contribution in [-0.2, 0) is 35.3 Å². The van der Waals surface area contributed by atoms with Crippen molar-refractivity contribution in [2.75, 3.05) is 34.3 Å². The number of carbonyl (C=O) groups excluding carboxylic acids is 3. The quantitative estimate of drug-likeness (QED) is 0.0690. The Bertz CT molecular complexity index is 1010. The van der Waals surface area contributed by atoms with Gasteiger partial charge in [0.25, 0.3) is 6.47 Å². The number of carboxylic acid groups (broad SMARTS) is 1. The number of ether oxygens (including phenoxy) is 2. The Morgan fingerprint density at radius 3 is 1.75 bits per heavy atom. The Hall–Kier alpha value is -2.82. The molecule has 10 heteroatoms. The van der Waals surface area contributed by atoms with E-state index in [2.05, 4.69) is 61.8 Å². The van der Waals surface area contributed by atoms with Crippen molar-refractivity contribution in [1.29, 1.82) is 0 Å². The Morgan fingerprint density at radius 1 is 0.839 bits per heavy atom. The van der Waals surface area contributed by atoms with Crippen molar-refractivity contribution in [3.63, 3.8) is 0 Å². The lowest BCUT2D eigenvalue weighted by atomic mass is 9.87. The number of Topliss-reactive ketones (excluding diaryl/α,β-unsaturated/α-hetero) is 1. The largest absolute Gasteiger partial charge is 0.481 e. The van der Waals surface area contributed by atoms with Crippen LogP contribution in [0.15, 0.2) is 30.3 Å². The van der Waals surface area contributed by atoms with Crippen LogP contribution < -0.4 is 10.6 Å². The number of hydrogen-bond donors (Lipinski definition) is 3. The molecule has 10 nitrogen and oxygen atoms in total. The summed E-state index contributed by atoms with van der Waals surface area (Å²) in [5.74, 6) is 0.317. The van der Waals surface area contributed by atoms with Gasteiger partial charge in [-0.3, -0.25) is 24.1 Å². The number of amides is 1. The first-order valence-electron chi connectivity index (χ1n) is 21.6. The topological polar surface area (TPSA) is 134 Å². The normalized spacial score (nSPS) is 12.8. The molecule has 0 spiro atoms. The van der Waals surface area contributed by atoms with E-state index in [9.17, 15) is 19.2 Å². The zero-order valence-electron chi connectivity index (χ0n) is 39.3. The van der Waals surface area contributed by atoms with Crippen molar-refractivity contribution in [1.82, 2.24) is 15.5 Å². The summed E-state index contributed by atoms with van der Waals surface area (Å²) in [5.41, 5.74) is 1.01. The summed E-state index contributed by atoms with van der Waals surface area (Å²) in [7, 11) is 5.56. The molecule has 1 aromatic carbocycles. The number of likely N-dealkylation sites (N-methyl/N-ethyl adjacent to an activating group) is 1. The fourth-order valence-corrected chi connectivity index (χ4v) is 5.60. The average Bonchev–Trinajstić information content (AvgIpc) is 3.18. The van der Waals surface area contributed by atoms with E-state index in [0.717, 1.165) is 31.5 Å². The molecule has 0 bridgehead atoms. The summed E-state index contributed by atoms with van der Waals surface area (Å²) in [6.07, 6.45) is 9.76. The van der Waals surface area contributed by atoms with E-state index in [1.54, 1.807) is 14.0 Å². The molecule has 1 rings (SSSR count). The van der Waals surface area contributed by atoms with Crippen LogP contribution >= 0.6 is 0 Å². The smallest absolute Gasteiger partial charge is 0.305 e. The van der Waals surface area contributed by atoms with E-state index in [1.807, 2.05) is 92.9 Å². The van der Waals surface area contributed by atoms with Crippen LogP contribution in [0.4, 0.5) is 0 Å². The second-order valence-corrected chi connectivity index (χ2v) is 14.4. The highest BCUT2D eigenvalue weighted by molar-refractivity contribution is 5.90. The number of ketones is 1. The monoisotopic (exact) mass is 798 g/mol. The first-order valence-corrected chi connectivity index (χ1v) is 21.6. The maximum atomic E-state index is 12.7. The summed E-state index contributed by atoms with van der Waals surface area (Å²) < 4.78 is 9.70. The number of aliphatic carboxylic acids is 1. The average molecular weight is 798 g/mol. The molecule has 0 aromatic heterocycles. The number of rotatable bonds is 24. The zero-order valence-corrected chi connectivity index (χ0v) is 39.3. The van der Waals surface area contributed by atoms with Crippen LogP contribution in [-0.4, -0.2) is 86.6 Å². The van der Waals surface area contributed by atoms with Gasteiger partial charge in [-0.15, -0.1) is 0 Å². The van der Waals surface area contributed by atoms with Gasteiger partial charge in [-0.05, 0) is 76.2 Å². The first kappa shape index (κ1) is 62.4. The number of unbranched alkanes of at least 4 members (excludes halogenated alkanes) is 5. The molecular weight excluding hydrogens is 707 g/mol. The third-order valence-electron chi connectivity index (χ3n) is 9.14. The first-order chi connectivity index (χ1) is 26.6. The predicted octanol–water partition coefficient (Wildman–Crippen LogP) is 10.2. The molecule has 1 aromatic rings. The molecule has 0 radical (unpaired) electrons. The summed E-state index contributed by atoms with van der Waals surface area (Å²) in [6.45, 7) is 31.1. The van der Waals surface area contributed by atoms with Gasteiger partial charge in [-0.1, -0.05) is 159 Å². The maximum absolute atomic E-state index is 12.7. The summed E-state index contributed by atoms with van der Waals surface area (Å²) in [6, 6.07) is 8.96. The van der Waals surface area contributed by atoms with E-state index in [1.165, 1.54) is 38.5 Å². The minimum atomic E-state index is -0.790. The number of hydrogen-bond acceptors (Lipinski definition) is 8. The molecule has 332 valence electrons. The van der Waals surface area contributed by atoms with Gasteiger partial charge in [0, 0.05) is 7.11 Å². The molecule has 4 unspecified atom stereocenters. The third kappa shape index (κ3) is 36.8. The Morgan fingerprint density at radius 2 is 1.38 bits per heavy atom. The second kappa shape index (κ2) is 44.9. The lowest BCUT2D eigenvalue weighted by molar-refractivity contribution is -0.141. The molecule has 0 heterocycles. The Balaban J connectivity index is -0.000000226. The number of carboxylic acids is 1. The van der Waals surface area contributed by atoms with Gasteiger partial charge >= 0.3 is 5.97 Å². The van der Waals surface area contributed by atoms with Crippen LogP contribution in [0, 0.1) is 23.7 Å². The molecule has 0 saturated heterocycles. The molecule has 0 aliphatic rings. The highest BCUT2D eigenvalue weighted by Gasteiger charge is 2.30. The SMILES string of the molecule is CC.CC.CCC(C)C(C)C(CC(=O)O)OC.CCCCC.CNCCCCCCN(C)C(C(=O)N[C@H](C(C)=O)C(C)C)C(C)C.O=COCc1ccccc1. The molecule has 56 heavy (non-hydrogen) atoms. The number of carbonyl (C=O) groups is 4. The van der Waals surface area contributed by atoms with E-state index in [-0.39, 0.29) is 42.1 Å². The fraction of sp³-hybridized carbons (Fsp3) is 0.783. The van der Waals surface area contributed by atoms with Crippen molar-refractivity contribution < 1.29 is 33.8 Å². The summed E-state index contributed by atoms with van der Waals surface area (Å²) >= 11 is 0. The predicted molar refractivity (Wildman–Crippen MR) is 238 cm³/mol. The molecule has 5 atom stereocenters.